The number of rotatable bonds is 4. The van der Waals surface area contributed by atoms with Crippen molar-refractivity contribution in [1.82, 2.24) is 14.9 Å². The van der Waals surface area contributed by atoms with E-state index >= 15 is 0 Å². The lowest BCUT2D eigenvalue weighted by molar-refractivity contribution is 0.0952. The smallest absolute Gasteiger partial charge is 0.265 e. The van der Waals surface area contributed by atoms with Gasteiger partial charge in [-0.05, 0) is 62.1 Å². The highest BCUT2D eigenvalue weighted by molar-refractivity contribution is 5.94. The first kappa shape index (κ1) is 15.6. The standard InChI is InChI=1S/C20H19N3O2/c1-13-22-18-5-3-2-4-17(18)20(25)23(13)16-10-8-15(9-11-16)19(24)21-12-14-6-7-14/h2-5,8-11,14H,6-7,12H2,1H3,(H,21,24). The van der Waals surface area contributed by atoms with Crippen molar-refractivity contribution < 1.29 is 4.79 Å². The van der Waals surface area contributed by atoms with Crippen molar-refractivity contribution in [1.29, 1.82) is 0 Å². The van der Waals surface area contributed by atoms with E-state index in [1.54, 1.807) is 34.9 Å². The van der Waals surface area contributed by atoms with Gasteiger partial charge in [-0.15, -0.1) is 0 Å². The highest BCUT2D eigenvalue weighted by Crippen LogP contribution is 2.27. The van der Waals surface area contributed by atoms with Gasteiger partial charge < -0.3 is 5.32 Å². The lowest BCUT2D eigenvalue weighted by Crippen LogP contribution is -2.26. The number of aromatic nitrogens is 2. The van der Waals surface area contributed by atoms with Crippen LogP contribution in [-0.2, 0) is 0 Å². The van der Waals surface area contributed by atoms with Crippen LogP contribution in [0.3, 0.4) is 0 Å². The van der Waals surface area contributed by atoms with E-state index in [-0.39, 0.29) is 11.5 Å². The Labute approximate surface area is 145 Å². The topological polar surface area (TPSA) is 64.0 Å². The molecule has 126 valence electrons. The molecule has 0 spiro atoms. The molecule has 0 radical (unpaired) electrons. The molecule has 5 heteroatoms. The second-order valence-electron chi connectivity index (χ2n) is 6.52. The third kappa shape index (κ3) is 3.05. The van der Waals surface area contributed by atoms with Crippen LogP contribution in [0.15, 0.2) is 53.3 Å². The molecule has 1 N–H and O–H groups in total. The molecule has 2 aromatic carbocycles. The molecule has 1 fully saturated rings. The highest BCUT2D eigenvalue weighted by Gasteiger charge is 2.21. The molecule has 4 rings (SSSR count). The Bertz CT molecular complexity index is 1000. The van der Waals surface area contributed by atoms with Gasteiger partial charge in [0.25, 0.3) is 11.5 Å². The molecule has 1 aliphatic carbocycles. The highest BCUT2D eigenvalue weighted by atomic mass is 16.1. The van der Waals surface area contributed by atoms with Crippen LogP contribution in [0, 0.1) is 12.8 Å². The molecule has 1 heterocycles. The number of nitrogens with zero attached hydrogens (tertiary/aromatic N) is 2. The third-order valence-electron chi connectivity index (χ3n) is 4.58. The fraction of sp³-hybridized carbons (Fsp3) is 0.250. The van der Waals surface area contributed by atoms with Crippen LogP contribution in [0.4, 0.5) is 0 Å². The summed E-state index contributed by atoms with van der Waals surface area (Å²) in [4.78, 5) is 29.4. The molecule has 1 amide bonds. The molecule has 25 heavy (non-hydrogen) atoms. The van der Waals surface area contributed by atoms with Gasteiger partial charge in [0.05, 0.1) is 16.6 Å². The average Bonchev–Trinajstić information content (AvgIpc) is 3.45. The number of carbonyl (C=O) groups excluding carboxylic acids is 1. The van der Waals surface area contributed by atoms with Gasteiger partial charge in [-0.2, -0.15) is 0 Å². The summed E-state index contributed by atoms with van der Waals surface area (Å²) in [5.41, 5.74) is 1.90. The first-order chi connectivity index (χ1) is 12.1. The fourth-order valence-electron chi connectivity index (χ4n) is 2.97. The number of hydrogen-bond donors (Lipinski definition) is 1. The van der Waals surface area contributed by atoms with Crippen molar-refractivity contribution in [3.63, 3.8) is 0 Å². The van der Waals surface area contributed by atoms with Gasteiger partial charge in [0.1, 0.15) is 5.82 Å². The summed E-state index contributed by atoms with van der Waals surface area (Å²) in [7, 11) is 0. The van der Waals surface area contributed by atoms with Crippen molar-refractivity contribution in [3.8, 4) is 5.69 Å². The number of nitrogens with one attached hydrogen (secondary N) is 1. The van der Waals surface area contributed by atoms with Crippen molar-refractivity contribution in [2.75, 3.05) is 6.54 Å². The number of para-hydroxylation sites is 1. The van der Waals surface area contributed by atoms with Gasteiger partial charge in [0.2, 0.25) is 0 Å². The summed E-state index contributed by atoms with van der Waals surface area (Å²) in [5.74, 6) is 1.20. The zero-order valence-corrected chi connectivity index (χ0v) is 14.0. The van der Waals surface area contributed by atoms with E-state index in [4.69, 9.17) is 0 Å². The molecule has 1 aromatic heterocycles. The lowest BCUT2D eigenvalue weighted by atomic mass is 10.1. The van der Waals surface area contributed by atoms with Crippen LogP contribution < -0.4 is 10.9 Å². The Morgan fingerprint density at radius 1 is 1.16 bits per heavy atom. The molecule has 0 saturated heterocycles. The van der Waals surface area contributed by atoms with Crippen LogP contribution in [0.1, 0.15) is 29.0 Å². The maximum atomic E-state index is 12.8. The number of benzene rings is 2. The van der Waals surface area contributed by atoms with Gasteiger partial charge in [-0.25, -0.2) is 4.98 Å². The third-order valence-corrected chi connectivity index (χ3v) is 4.58. The lowest BCUT2D eigenvalue weighted by Gasteiger charge is -2.11. The summed E-state index contributed by atoms with van der Waals surface area (Å²) in [6.45, 7) is 2.55. The molecule has 0 unspecified atom stereocenters. The predicted octanol–water partition coefficient (Wildman–Crippen LogP) is 2.83. The van der Waals surface area contributed by atoms with Crippen LogP contribution >= 0.6 is 0 Å². The van der Waals surface area contributed by atoms with E-state index in [1.165, 1.54) is 12.8 Å². The molecule has 1 saturated carbocycles. The molecule has 0 aliphatic heterocycles. The van der Waals surface area contributed by atoms with Crippen molar-refractivity contribution in [2.24, 2.45) is 5.92 Å². The van der Waals surface area contributed by atoms with E-state index in [1.807, 2.05) is 25.1 Å². The minimum atomic E-state index is -0.103. The minimum absolute atomic E-state index is 0.0702. The summed E-state index contributed by atoms with van der Waals surface area (Å²) in [6.07, 6.45) is 2.41. The Hall–Kier alpha value is -2.95. The summed E-state index contributed by atoms with van der Waals surface area (Å²) >= 11 is 0. The largest absolute Gasteiger partial charge is 0.352 e. The Morgan fingerprint density at radius 2 is 1.88 bits per heavy atom. The van der Waals surface area contributed by atoms with E-state index in [2.05, 4.69) is 10.3 Å². The van der Waals surface area contributed by atoms with Gasteiger partial charge in [0, 0.05) is 12.1 Å². The van der Waals surface area contributed by atoms with Crippen molar-refractivity contribution in [2.45, 2.75) is 19.8 Å². The van der Waals surface area contributed by atoms with Gasteiger partial charge >= 0.3 is 0 Å². The first-order valence-electron chi connectivity index (χ1n) is 8.50. The number of fused-ring (bicyclic) bond motifs is 1. The predicted molar refractivity (Wildman–Crippen MR) is 97.1 cm³/mol. The van der Waals surface area contributed by atoms with E-state index in [9.17, 15) is 9.59 Å². The van der Waals surface area contributed by atoms with E-state index in [0.29, 0.717) is 33.9 Å². The van der Waals surface area contributed by atoms with Gasteiger partial charge in [0.15, 0.2) is 0 Å². The molecule has 0 atom stereocenters. The number of amides is 1. The van der Waals surface area contributed by atoms with Gasteiger partial charge in [-0.1, -0.05) is 12.1 Å². The van der Waals surface area contributed by atoms with Crippen molar-refractivity contribution >= 4 is 16.8 Å². The maximum absolute atomic E-state index is 12.8. The molecular weight excluding hydrogens is 314 g/mol. The maximum Gasteiger partial charge on any atom is 0.265 e. The Morgan fingerprint density at radius 3 is 2.60 bits per heavy atom. The zero-order chi connectivity index (χ0) is 17.4. The molecule has 3 aromatic rings. The summed E-state index contributed by atoms with van der Waals surface area (Å²) in [6, 6.07) is 14.4. The van der Waals surface area contributed by atoms with Crippen LogP contribution in [0.25, 0.3) is 16.6 Å². The first-order valence-corrected chi connectivity index (χ1v) is 8.50. The summed E-state index contributed by atoms with van der Waals surface area (Å²) in [5, 5.41) is 3.53. The van der Waals surface area contributed by atoms with E-state index in [0.717, 1.165) is 6.54 Å². The van der Waals surface area contributed by atoms with Gasteiger partial charge in [-0.3, -0.25) is 14.2 Å². The second-order valence-corrected chi connectivity index (χ2v) is 6.52. The average molecular weight is 333 g/mol. The number of hydrogen-bond acceptors (Lipinski definition) is 3. The van der Waals surface area contributed by atoms with Crippen molar-refractivity contribution in [3.05, 3.63) is 70.3 Å². The molecular formula is C20H19N3O2. The Kier molecular flexibility index (Phi) is 3.84. The molecule has 1 aliphatic rings. The summed E-state index contributed by atoms with van der Waals surface area (Å²) < 4.78 is 1.58. The normalized spacial score (nSPS) is 13.8. The molecule has 5 nitrogen and oxygen atoms in total. The monoisotopic (exact) mass is 333 g/mol. The second kappa shape index (κ2) is 6.16. The van der Waals surface area contributed by atoms with E-state index < -0.39 is 0 Å². The van der Waals surface area contributed by atoms with Crippen LogP contribution in [0.5, 0.6) is 0 Å². The van der Waals surface area contributed by atoms with Crippen LogP contribution in [0.2, 0.25) is 0 Å². The fourth-order valence-corrected chi connectivity index (χ4v) is 2.97. The molecule has 0 bridgehead atoms. The quantitative estimate of drug-likeness (QED) is 0.798. The van der Waals surface area contributed by atoms with Crippen LogP contribution in [-0.4, -0.2) is 22.0 Å². The zero-order valence-electron chi connectivity index (χ0n) is 14.0. The minimum Gasteiger partial charge on any atom is -0.352 e. The number of carbonyl (C=O) groups is 1. The SMILES string of the molecule is Cc1nc2ccccc2c(=O)n1-c1ccc(C(=O)NCC2CC2)cc1. The number of aryl methyl sites for hydroxylation is 1. The Balaban J connectivity index is 1.66.